The van der Waals surface area contributed by atoms with Crippen LogP contribution in [0.15, 0.2) is 48.5 Å². The SMILES string of the molecule is CCCO[Si](OCCC)(c1ccc(C)cc1)c1ccc(C)cc1. The highest BCUT2D eigenvalue weighted by Crippen LogP contribution is 2.13. The smallest absolute Gasteiger partial charge is 0.388 e. The Morgan fingerprint density at radius 1 is 0.652 bits per heavy atom. The highest BCUT2D eigenvalue weighted by Gasteiger charge is 2.42. The summed E-state index contributed by atoms with van der Waals surface area (Å²) in [6, 6.07) is 17.3. The first kappa shape index (κ1) is 17.9. The molecule has 2 nitrogen and oxygen atoms in total. The summed E-state index contributed by atoms with van der Waals surface area (Å²) < 4.78 is 12.9. The number of hydrogen-bond acceptors (Lipinski definition) is 2. The van der Waals surface area contributed by atoms with E-state index in [0.717, 1.165) is 26.1 Å². The summed E-state index contributed by atoms with van der Waals surface area (Å²) in [5.41, 5.74) is 2.51. The summed E-state index contributed by atoms with van der Waals surface area (Å²) in [4.78, 5) is 0. The number of aryl methyl sites for hydroxylation is 2. The van der Waals surface area contributed by atoms with E-state index in [1.807, 2.05) is 0 Å². The number of hydrogen-bond donors (Lipinski definition) is 0. The minimum atomic E-state index is -2.64. The molecule has 0 aliphatic carbocycles. The van der Waals surface area contributed by atoms with E-state index in [-0.39, 0.29) is 0 Å². The molecule has 0 atom stereocenters. The summed E-state index contributed by atoms with van der Waals surface area (Å²) in [5, 5.41) is 2.38. The van der Waals surface area contributed by atoms with Gasteiger partial charge in [-0.25, -0.2) is 0 Å². The molecule has 0 aliphatic rings. The molecule has 0 fully saturated rings. The van der Waals surface area contributed by atoms with Crippen LogP contribution in [0.4, 0.5) is 0 Å². The molecule has 2 aromatic carbocycles. The number of benzene rings is 2. The Morgan fingerprint density at radius 2 is 1.00 bits per heavy atom. The maximum atomic E-state index is 6.45. The standard InChI is InChI=1S/C20H28O2Si/c1-5-15-21-23(22-16-6-2,19-11-7-17(3)8-12-19)20-13-9-18(4)10-14-20/h7-14H,5-6,15-16H2,1-4H3. The van der Waals surface area contributed by atoms with Crippen LogP contribution in [-0.2, 0) is 8.85 Å². The van der Waals surface area contributed by atoms with Crippen LogP contribution in [0.25, 0.3) is 0 Å². The van der Waals surface area contributed by atoms with Crippen molar-refractivity contribution in [1.29, 1.82) is 0 Å². The van der Waals surface area contributed by atoms with Gasteiger partial charge in [0.25, 0.3) is 0 Å². The molecular weight excluding hydrogens is 300 g/mol. The monoisotopic (exact) mass is 328 g/mol. The van der Waals surface area contributed by atoms with Crippen LogP contribution in [-0.4, -0.2) is 21.8 Å². The third-order valence-electron chi connectivity index (χ3n) is 3.88. The Labute approximate surface area is 141 Å². The topological polar surface area (TPSA) is 18.5 Å². The molecule has 0 unspecified atom stereocenters. The Kier molecular flexibility index (Phi) is 6.57. The minimum absolute atomic E-state index is 0.720. The molecule has 2 rings (SSSR count). The highest BCUT2D eigenvalue weighted by molar-refractivity contribution is 6.92. The van der Waals surface area contributed by atoms with Crippen molar-refractivity contribution in [2.24, 2.45) is 0 Å². The fourth-order valence-electron chi connectivity index (χ4n) is 2.58. The third-order valence-corrected chi connectivity index (χ3v) is 7.29. The van der Waals surface area contributed by atoms with E-state index >= 15 is 0 Å². The van der Waals surface area contributed by atoms with Gasteiger partial charge in [-0.3, -0.25) is 0 Å². The maximum Gasteiger partial charge on any atom is 0.407 e. The second-order valence-corrected chi connectivity index (χ2v) is 9.01. The molecule has 0 heterocycles. The molecule has 0 bridgehead atoms. The third kappa shape index (κ3) is 4.31. The maximum absolute atomic E-state index is 6.45. The van der Waals surface area contributed by atoms with Gasteiger partial charge in [-0.15, -0.1) is 0 Å². The first-order chi connectivity index (χ1) is 11.1. The number of rotatable bonds is 8. The molecule has 0 radical (unpaired) electrons. The van der Waals surface area contributed by atoms with E-state index < -0.39 is 8.56 Å². The lowest BCUT2D eigenvalue weighted by atomic mass is 10.2. The molecule has 0 spiro atoms. The van der Waals surface area contributed by atoms with Crippen LogP contribution in [0.2, 0.25) is 0 Å². The lowest BCUT2D eigenvalue weighted by molar-refractivity contribution is 0.191. The molecule has 0 N–H and O–H groups in total. The molecule has 0 aromatic heterocycles. The first-order valence-corrected chi connectivity index (χ1v) is 10.4. The van der Waals surface area contributed by atoms with Gasteiger partial charge in [0.05, 0.1) is 0 Å². The lowest BCUT2D eigenvalue weighted by Gasteiger charge is -2.31. The Bertz CT molecular complexity index is 535. The Hall–Kier alpha value is -1.42. The van der Waals surface area contributed by atoms with E-state index in [1.54, 1.807) is 0 Å². The van der Waals surface area contributed by atoms with Crippen molar-refractivity contribution < 1.29 is 8.85 Å². The molecule has 124 valence electrons. The van der Waals surface area contributed by atoms with Gasteiger partial charge in [0.1, 0.15) is 0 Å². The predicted molar refractivity (Wildman–Crippen MR) is 99.9 cm³/mol. The molecule has 3 heteroatoms. The second kappa shape index (κ2) is 8.43. The van der Waals surface area contributed by atoms with Crippen LogP contribution < -0.4 is 10.4 Å². The van der Waals surface area contributed by atoms with Crippen molar-refractivity contribution >= 4 is 18.9 Å². The molecule has 23 heavy (non-hydrogen) atoms. The van der Waals surface area contributed by atoms with Gasteiger partial charge in [-0.2, -0.15) is 0 Å². The minimum Gasteiger partial charge on any atom is -0.388 e. The lowest BCUT2D eigenvalue weighted by Crippen LogP contribution is -2.63. The van der Waals surface area contributed by atoms with Crippen molar-refractivity contribution in [3.8, 4) is 0 Å². The highest BCUT2D eigenvalue weighted by atomic mass is 28.4. The molecule has 0 aliphatic heterocycles. The average molecular weight is 329 g/mol. The zero-order valence-corrected chi connectivity index (χ0v) is 15.8. The van der Waals surface area contributed by atoms with Gasteiger partial charge in [0.15, 0.2) is 0 Å². The van der Waals surface area contributed by atoms with E-state index in [1.165, 1.54) is 21.5 Å². The zero-order valence-electron chi connectivity index (χ0n) is 14.8. The van der Waals surface area contributed by atoms with Crippen LogP contribution in [0, 0.1) is 13.8 Å². The molecular formula is C20H28O2Si. The van der Waals surface area contributed by atoms with Crippen molar-refractivity contribution in [3.63, 3.8) is 0 Å². The van der Waals surface area contributed by atoms with Crippen molar-refractivity contribution in [3.05, 3.63) is 59.7 Å². The van der Waals surface area contributed by atoms with Crippen LogP contribution in [0.5, 0.6) is 0 Å². The van der Waals surface area contributed by atoms with E-state index in [2.05, 4.69) is 76.2 Å². The summed E-state index contributed by atoms with van der Waals surface area (Å²) in [6.07, 6.45) is 1.98. The molecule has 2 aromatic rings. The second-order valence-electron chi connectivity index (χ2n) is 6.05. The molecule has 0 saturated heterocycles. The predicted octanol–water partition coefficient (Wildman–Crippen LogP) is 3.71. The fraction of sp³-hybridized carbons (Fsp3) is 0.400. The van der Waals surface area contributed by atoms with Crippen LogP contribution in [0.1, 0.15) is 37.8 Å². The van der Waals surface area contributed by atoms with Gasteiger partial charge < -0.3 is 8.85 Å². The molecule has 0 amide bonds. The normalized spacial score (nSPS) is 11.7. The zero-order chi connectivity index (χ0) is 16.7. The largest absolute Gasteiger partial charge is 0.407 e. The fourth-order valence-corrected chi connectivity index (χ4v) is 5.86. The van der Waals surface area contributed by atoms with Crippen molar-refractivity contribution in [2.45, 2.75) is 40.5 Å². The van der Waals surface area contributed by atoms with Crippen LogP contribution >= 0.6 is 0 Å². The van der Waals surface area contributed by atoms with Gasteiger partial charge in [0, 0.05) is 13.2 Å². The Balaban J connectivity index is 2.52. The van der Waals surface area contributed by atoms with E-state index in [9.17, 15) is 0 Å². The van der Waals surface area contributed by atoms with Gasteiger partial charge >= 0.3 is 8.56 Å². The molecule has 0 saturated carbocycles. The van der Waals surface area contributed by atoms with Gasteiger partial charge in [0.2, 0.25) is 0 Å². The quantitative estimate of drug-likeness (QED) is 0.688. The summed E-state index contributed by atoms with van der Waals surface area (Å²) in [6.45, 7) is 9.94. The van der Waals surface area contributed by atoms with Crippen molar-refractivity contribution in [2.75, 3.05) is 13.2 Å². The average Bonchev–Trinajstić information content (AvgIpc) is 2.57. The van der Waals surface area contributed by atoms with Gasteiger partial charge in [-0.05, 0) is 37.1 Å². The Morgan fingerprint density at radius 3 is 1.30 bits per heavy atom. The summed E-state index contributed by atoms with van der Waals surface area (Å²) in [7, 11) is -2.64. The first-order valence-electron chi connectivity index (χ1n) is 8.54. The van der Waals surface area contributed by atoms with Crippen molar-refractivity contribution in [1.82, 2.24) is 0 Å². The van der Waals surface area contributed by atoms with E-state index in [4.69, 9.17) is 8.85 Å². The van der Waals surface area contributed by atoms with Gasteiger partial charge in [-0.1, -0.05) is 73.5 Å². The van der Waals surface area contributed by atoms with E-state index in [0.29, 0.717) is 0 Å². The summed E-state index contributed by atoms with van der Waals surface area (Å²) in [5.74, 6) is 0. The summed E-state index contributed by atoms with van der Waals surface area (Å²) >= 11 is 0. The van der Waals surface area contributed by atoms with Crippen LogP contribution in [0.3, 0.4) is 0 Å².